The van der Waals surface area contributed by atoms with Gasteiger partial charge in [-0.1, -0.05) is 37.3 Å². The molecule has 0 saturated heterocycles. The summed E-state index contributed by atoms with van der Waals surface area (Å²) < 4.78 is 0. The van der Waals surface area contributed by atoms with E-state index in [0.29, 0.717) is 12.0 Å². The first-order chi connectivity index (χ1) is 12.2. The molecule has 0 aliphatic rings. The van der Waals surface area contributed by atoms with E-state index < -0.39 is 0 Å². The van der Waals surface area contributed by atoms with Crippen LogP contribution in [-0.4, -0.2) is 21.0 Å². The van der Waals surface area contributed by atoms with Crippen molar-refractivity contribution in [3.63, 3.8) is 0 Å². The normalized spacial score (nSPS) is 11.8. The van der Waals surface area contributed by atoms with Gasteiger partial charge < -0.3 is 10.6 Å². The second-order valence-corrected chi connectivity index (χ2v) is 5.99. The van der Waals surface area contributed by atoms with Crippen molar-refractivity contribution in [3.8, 4) is 11.3 Å². The fraction of sp³-hybridized carbons (Fsp3) is 0.250. The lowest BCUT2D eigenvalue weighted by atomic mass is 10.2. The lowest BCUT2D eigenvalue weighted by Crippen LogP contribution is -2.16. The molecular weight excluding hydrogens is 310 g/mol. The number of nitrogens with one attached hydrogen (secondary N) is 2. The van der Waals surface area contributed by atoms with Gasteiger partial charge in [-0.25, -0.2) is 4.98 Å². The van der Waals surface area contributed by atoms with E-state index in [4.69, 9.17) is 0 Å². The van der Waals surface area contributed by atoms with Crippen LogP contribution >= 0.6 is 0 Å². The summed E-state index contributed by atoms with van der Waals surface area (Å²) in [6, 6.07) is 16.5. The van der Waals surface area contributed by atoms with Crippen molar-refractivity contribution in [1.29, 1.82) is 0 Å². The summed E-state index contributed by atoms with van der Waals surface area (Å²) in [5.41, 5.74) is 3.11. The molecule has 0 aliphatic heterocycles. The number of aromatic nitrogens is 3. The Hall–Kier alpha value is -2.95. The Labute approximate surface area is 148 Å². The molecule has 0 aliphatic carbocycles. The quantitative estimate of drug-likeness (QED) is 0.672. The molecule has 5 nitrogen and oxygen atoms in total. The second kappa shape index (κ2) is 8.24. The summed E-state index contributed by atoms with van der Waals surface area (Å²) >= 11 is 0. The zero-order valence-electron chi connectivity index (χ0n) is 14.6. The Morgan fingerprint density at radius 2 is 1.76 bits per heavy atom. The predicted molar refractivity (Wildman–Crippen MR) is 102 cm³/mol. The molecule has 25 heavy (non-hydrogen) atoms. The van der Waals surface area contributed by atoms with Crippen molar-refractivity contribution in [1.82, 2.24) is 15.0 Å². The molecule has 2 heterocycles. The Balaban J connectivity index is 1.86. The van der Waals surface area contributed by atoms with Crippen LogP contribution in [0, 0.1) is 0 Å². The average Bonchev–Trinajstić information content (AvgIpc) is 2.67. The first-order valence-corrected chi connectivity index (χ1v) is 8.58. The van der Waals surface area contributed by atoms with Crippen molar-refractivity contribution in [2.24, 2.45) is 0 Å². The van der Waals surface area contributed by atoms with Crippen molar-refractivity contribution in [3.05, 3.63) is 66.5 Å². The lowest BCUT2D eigenvalue weighted by Gasteiger charge is -2.14. The Morgan fingerprint density at radius 1 is 1.00 bits per heavy atom. The molecule has 128 valence electrons. The van der Waals surface area contributed by atoms with Gasteiger partial charge in [-0.05, 0) is 31.0 Å². The third kappa shape index (κ3) is 4.76. The SMILES string of the molecule is CC[C@H](C)Nc1nc(NCc2ccccc2)cc(-c2ccncc2)n1. The van der Waals surface area contributed by atoms with Gasteiger partial charge in [0.25, 0.3) is 0 Å². The molecule has 1 aromatic carbocycles. The van der Waals surface area contributed by atoms with Gasteiger partial charge in [0, 0.05) is 36.6 Å². The van der Waals surface area contributed by atoms with Crippen LogP contribution in [0.15, 0.2) is 60.9 Å². The maximum absolute atomic E-state index is 4.66. The fourth-order valence-electron chi connectivity index (χ4n) is 2.38. The zero-order valence-corrected chi connectivity index (χ0v) is 14.6. The molecule has 5 heteroatoms. The van der Waals surface area contributed by atoms with Gasteiger partial charge in [-0.15, -0.1) is 0 Å². The third-order valence-corrected chi connectivity index (χ3v) is 4.01. The van der Waals surface area contributed by atoms with Gasteiger partial charge in [0.05, 0.1) is 5.69 Å². The molecule has 2 N–H and O–H groups in total. The molecule has 2 aromatic heterocycles. The molecule has 3 aromatic rings. The van der Waals surface area contributed by atoms with Crippen LogP contribution < -0.4 is 10.6 Å². The Morgan fingerprint density at radius 3 is 2.48 bits per heavy atom. The van der Waals surface area contributed by atoms with Crippen LogP contribution in [-0.2, 0) is 6.54 Å². The van der Waals surface area contributed by atoms with E-state index in [1.807, 2.05) is 36.4 Å². The van der Waals surface area contributed by atoms with E-state index in [1.165, 1.54) is 5.56 Å². The minimum atomic E-state index is 0.315. The van der Waals surface area contributed by atoms with Gasteiger partial charge in [0.15, 0.2) is 0 Å². The van der Waals surface area contributed by atoms with E-state index >= 15 is 0 Å². The molecule has 0 spiro atoms. The Kier molecular flexibility index (Phi) is 5.57. The number of benzene rings is 1. The molecule has 0 fully saturated rings. The molecule has 1 atom stereocenters. The maximum atomic E-state index is 4.66. The highest BCUT2D eigenvalue weighted by molar-refractivity contribution is 5.64. The van der Waals surface area contributed by atoms with Crippen molar-refractivity contribution >= 4 is 11.8 Å². The number of rotatable bonds is 7. The van der Waals surface area contributed by atoms with Crippen LogP contribution in [0.4, 0.5) is 11.8 Å². The summed E-state index contributed by atoms with van der Waals surface area (Å²) in [5, 5.41) is 6.76. The van der Waals surface area contributed by atoms with Crippen LogP contribution in [0.25, 0.3) is 11.3 Å². The van der Waals surface area contributed by atoms with E-state index in [9.17, 15) is 0 Å². The summed E-state index contributed by atoms with van der Waals surface area (Å²) in [6.07, 6.45) is 4.56. The lowest BCUT2D eigenvalue weighted by molar-refractivity contribution is 0.753. The smallest absolute Gasteiger partial charge is 0.225 e. The van der Waals surface area contributed by atoms with Gasteiger partial charge in [0.1, 0.15) is 5.82 Å². The summed E-state index contributed by atoms with van der Waals surface area (Å²) in [7, 11) is 0. The van der Waals surface area contributed by atoms with Gasteiger partial charge in [-0.2, -0.15) is 4.98 Å². The highest BCUT2D eigenvalue weighted by Gasteiger charge is 2.08. The molecule has 0 amide bonds. The van der Waals surface area contributed by atoms with Crippen LogP contribution in [0.2, 0.25) is 0 Å². The number of hydrogen-bond donors (Lipinski definition) is 2. The molecule has 3 rings (SSSR count). The van der Waals surface area contributed by atoms with E-state index in [1.54, 1.807) is 12.4 Å². The molecule has 0 bridgehead atoms. The minimum Gasteiger partial charge on any atom is -0.366 e. The maximum Gasteiger partial charge on any atom is 0.225 e. The molecule has 0 unspecified atom stereocenters. The molecular formula is C20H23N5. The number of hydrogen-bond acceptors (Lipinski definition) is 5. The average molecular weight is 333 g/mol. The summed E-state index contributed by atoms with van der Waals surface area (Å²) in [5.74, 6) is 1.44. The van der Waals surface area contributed by atoms with Crippen LogP contribution in [0.3, 0.4) is 0 Å². The van der Waals surface area contributed by atoms with Gasteiger partial charge >= 0.3 is 0 Å². The number of anilines is 2. The van der Waals surface area contributed by atoms with Crippen LogP contribution in [0.1, 0.15) is 25.8 Å². The largest absolute Gasteiger partial charge is 0.366 e. The summed E-state index contributed by atoms with van der Waals surface area (Å²) in [4.78, 5) is 13.3. The predicted octanol–water partition coefficient (Wildman–Crippen LogP) is 4.36. The number of pyridine rings is 1. The zero-order chi connectivity index (χ0) is 17.5. The third-order valence-electron chi connectivity index (χ3n) is 4.01. The van der Waals surface area contributed by atoms with E-state index in [0.717, 1.165) is 30.0 Å². The number of nitrogens with zero attached hydrogens (tertiary/aromatic N) is 3. The second-order valence-electron chi connectivity index (χ2n) is 5.99. The molecule has 0 radical (unpaired) electrons. The van der Waals surface area contributed by atoms with Crippen molar-refractivity contribution in [2.75, 3.05) is 10.6 Å². The van der Waals surface area contributed by atoms with E-state index in [-0.39, 0.29) is 0 Å². The fourth-order valence-corrected chi connectivity index (χ4v) is 2.38. The van der Waals surface area contributed by atoms with Gasteiger partial charge in [-0.3, -0.25) is 4.98 Å². The first kappa shape index (κ1) is 16.9. The van der Waals surface area contributed by atoms with Crippen molar-refractivity contribution < 1.29 is 0 Å². The first-order valence-electron chi connectivity index (χ1n) is 8.58. The topological polar surface area (TPSA) is 62.7 Å². The van der Waals surface area contributed by atoms with Gasteiger partial charge in [0.2, 0.25) is 5.95 Å². The molecule has 0 saturated carbocycles. The monoisotopic (exact) mass is 333 g/mol. The highest BCUT2D eigenvalue weighted by Crippen LogP contribution is 2.21. The van der Waals surface area contributed by atoms with Crippen LogP contribution in [0.5, 0.6) is 0 Å². The van der Waals surface area contributed by atoms with Crippen molar-refractivity contribution in [2.45, 2.75) is 32.9 Å². The standard InChI is InChI=1S/C20H23N5/c1-3-15(2)23-20-24-18(17-9-11-21-12-10-17)13-19(25-20)22-14-16-7-5-4-6-8-16/h4-13,15H,3,14H2,1-2H3,(H2,22,23,24,25)/t15-/m0/s1. The highest BCUT2D eigenvalue weighted by atomic mass is 15.2. The minimum absolute atomic E-state index is 0.315. The Bertz CT molecular complexity index is 790. The summed E-state index contributed by atoms with van der Waals surface area (Å²) in [6.45, 7) is 4.98. The van der Waals surface area contributed by atoms with E-state index in [2.05, 4.69) is 51.6 Å².